The number of rotatable bonds is 4. The van der Waals surface area contributed by atoms with E-state index in [4.69, 9.17) is 6.42 Å². The molecular formula is C19H14F2N2OS. The molecule has 0 radical (unpaired) electrons. The molecule has 2 aromatic carbocycles. The molecule has 3 nitrogen and oxygen atoms in total. The number of amides is 1. The Morgan fingerprint density at radius 1 is 1.24 bits per heavy atom. The van der Waals surface area contributed by atoms with Gasteiger partial charge in [0.1, 0.15) is 5.82 Å². The van der Waals surface area contributed by atoms with E-state index >= 15 is 0 Å². The number of carbonyl (C=O) groups is 1. The fourth-order valence-electron chi connectivity index (χ4n) is 2.51. The van der Waals surface area contributed by atoms with Gasteiger partial charge in [0.15, 0.2) is 10.6 Å². The maximum Gasteiger partial charge on any atom is 0.248 e. The van der Waals surface area contributed by atoms with E-state index in [-0.39, 0.29) is 29.2 Å². The van der Waals surface area contributed by atoms with E-state index in [0.717, 1.165) is 23.0 Å². The third kappa shape index (κ3) is 3.83. The number of fused-ring (bicyclic) bond motifs is 1. The normalized spacial score (nSPS) is 11.6. The van der Waals surface area contributed by atoms with Gasteiger partial charge in [-0.3, -0.25) is 4.79 Å². The molecule has 1 heterocycles. The number of thiazole rings is 1. The summed E-state index contributed by atoms with van der Waals surface area (Å²) < 4.78 is 29.3. The molecule has 25 heavy (non-hydrogen) atoms. The van der Waals surface area contributed by atoms with Gasteiger partial charge in [-0.2, -0.15) is 4.99 Å². The van der Waals surface area contributed by atoms with Gasteiger partial charge in [-0.05, 0) is 18.1 Å². The molecule has 0 aliphatic carbocycles. The summed E-state index contributed by atoms with van der Waals surface area (Å²) in [5.41, 5.74) is 1.20. The number of hydrogen-bond donors (Lipinski definition) is 0. The van der Waals surface area contributed by atoms with Crippen LogP contribution in [0.25, 0.3) is 10.2 Å². The summed E-state index contributed by atoms with van der Waals surface area (Å²) >= 11 is 1.04. The van der Waals surface area contributed by atoms with Gasteiger partial charge in [0, 0.05) is 12.5 Å². The predicted octanol–water partition coefficient (Wildman–Crippen LogP) is 3.67. The Bertz CT molecular complexity index is 1030. The number of benzene rings is 2. The lowest BCUT2D eigenvalue weighted by Crippen LogP contribution is -2.17. The maximum atomic E-state index is 14.1. The molecule has 0 aliphatic rings. The first-order chi connectivity index (χ1) is 12.1. The van der Waals surface area contributed by atoms with Gasteiger partial charge in [0.2, 0.25) is 5.91 Å². The van der Waals surface area contributed by atoms with Crippen molar-refractivity contribution in [2.45, 2.75) is 19.4 Å². The van der Waals surface area contributed by atoms with E-state index in [0.29, 0.717) is 11.1 Å². The Kier molecular flexibility index (Phi) is 5.05. The Labute approximate surface area is 147 Å². The van der Waals surface area contributed by atoms with E-state index < -0.39 is 11.6 Å². The number of terminal acetylenes is 1. The molecule has 126 valence electrons. The second kappa shape index (κ2) is 7.41. The molecule has 0 unspecified atom stereocenters. The molecule has 0 saturated heterocycles. The number of nitrogens with zero attached hydrogens (tertiary/aromatic N) is 2. The number of halogens is 2. The Morgan fingerprint density at radius 2 is 2.00 bits per heavy atom. The highest BCUT2D eigenvalue weighted by Crippen LogP contribution is 2.22. The zero-order chi connectivity index (χ0) is 17.8. The molecule has 0 spiro atoms. The summed E-state index contributed by atoms with van der Waals surface area (Å²) in [4.78, 5) is 16.5. The second-order valence-corrected chi connectivity index (χ2v) is 6.41. The molecule has 0 aliphatic heterocycles. The van der Waals surface area contributed by atoms with Crippen molar-refractivity contribution in [3.8, 4) is 12.3 Å². The SMILES string of the molecule is C#CCn1c(=NC(=O)CCc2ccccc2)sc2cc(F)cc(F)c21. The Balaban J connectivity index is 1.95. The number of aromatic nitrogens is 1. The van der Waals surface area contributed by atoms with E-state index in [2.05, 4.69) is 10.9 Å². The number of carbonyl (C=O) groups excluding carboxylic acids is 1. The minimum Gasteiger partial charge on any atom is -0.302 e. The van der Waals surface area contributed by atoms with Crippen LogP contribution in [-0.2, 0) is 17.8 Å². The molecule has 0 bridgehead atoms. The third-order valence-electron chi connectivity index (χ3n) is 3.64. The summed E-state index contributed by atoms with van der Waals surface area (Å²) in [5.74, 6) is 0.680. The van der Waals surface area contributed by atoms with Gasteiger partial charge in [0.05, 0.1) is 16.8 Å². The first kappa shape index (κ1) is 17.1. The smallest absolute Gasteiger partial charge is 0.248 e. The van der Waals surface area contributed by atoms with Crippen LogP contribution in [0.4, 0.5) is 8.78 Å². The highest BCUT2D eigenvalue weighted by molar-refractivity contribution is 7.16. The van der Waals surface area contributed by atoms with Crippen LogP contribution in [-0.4, -0.2) is 10.5 Å². The van der Waals surface area contributed by atoms with Crippen LogP contribution in [0.15, 0.2) is 47.5 Å². The van der Waals surface area contributed by atoms with Crippen molar-refractivity contribution in [1.29, 1.82) is 0 Å². The number of hydrogen-bond acceptors (Lipinski definition) is 2. The summed E-state index contributed by atoms with van der Waals surface area (Å²) in [6, 6.07) is 11.6. The average molecular weight is 356 g/mol. The summed E-state index contributed by atoms with van der Waals surface area (Å²) in [6.45, 7) is 0.0490. The van der Waals surface area contributed by atoms with Crippen molar-refractivity contribution in [1.82, 2.24) is 4.57 Å². The molecule has 6 heteroatoms. The summed E-state index contributed by atoms with van der Waals surface area (Å²) in [6.07, 6.45) is 6.12. The summed E-state index contributed by atoms with van der Waals surface area (Å²) in [7, 11) is 0. The lowest BCUT2D eigenvalue weighted by Gasteiger charge is -2.01. The van der Waals surface area contributed by atoms with Crippen LogP contribution in [0.2, 0.25) is 0 Å². The third-order valence-corrected chi connectivity index (χ3v) is 4.66. The lowest BCUT2D eigenvalue weighted by molar-refractivity contribution is -0.118. The molecule has 1 amide bonds. The van der Waals surface area contributed by atoms with Crippen molar-refractivity contribution >= 4 is 27.5 Å². The van der Waals surface area contributed by atoms with Gasteiger partial charge in [-0.15, -0.1) is 6.42 Å². The standard InChI is InChI=1S/C19H14F2N2OS/c1-2-10-23-18-15(21)11-14(20)12-16(18)25-19(23)22-17(24)9-8-13-6-4-3-5-7-13/h1,3-7,11-12H,8-10H2. The topological polar surface area (TPSA) is 34.4 Å². The van der Waals surface area contributed by atoms with Crippen LogP contribution in [0, 0.1) is 24.0 Å². The van der Waals surface area contributed by atoms with E-state index in [1.54, 1.807) is 0 Å². The first-order valence-electron chi connectivity index (χ1n) is 7.62. The lowest BCUT2D eigenvalue weighted by atomic mass is 10.1. The van der Waals surface area contributed by atoms with E-state index in [1.807, 2.05) is 30.3 Å². The first-order valence-corrected chi connectivity index (χ1v) is 8.43. The summed E-state index contributed by atoms with van der Waals surface area (Å²) in [5, 5.41) is 0. The highest BCUT2D eigenvalue weighted by atomic mass is 32.1. The van der Waals surface area contributed by atoms with Crippen LogP contribution in [0.5, 0.6) is 0 Å². The van der Waals surface area contributed by atoms with Gasteiger partial charge >= 0.3 is 0 Å². The highest BCUT2D eigenvalue weighted by Gasteiger charge is 2.13. The number of aryl methyl sites for hydroxylation is 1. The van der Waals surface area contributed by atoms with Gasteiger partial charge in [0.25, 0.3) is 0 Å². The zero-order valence-electron chi connectivity index (χ0n) is 13.2. The van der Waals surface area contributed by atoms with Crippen LogP contribution in [0.1, 0.15) is 12.0 Å². The molecule has 0 atom stereocenters. The van der Waals surface area contributed by atoms with Crippen molar-refractivity contribution < 1.29 is 13.6 Å². The van der Waals surface area contributed by atoms with Gasteiger partial charge in [-0.1, -0.05) is 47.6 Å². The molecular weight excluding hydrogens is 342 g/mol. The predicted molar refractivity (Wildman–Crippen MR) is 93.9 cm³/mol. The molecule has 3 rings (SSSR count). The zero-order valence-corrected chi connectivity index (χ0v) is 14.0. The van der Waals surface area contributed by atoms with Crippen LogP contribution in [0.3, 0.4) is 0 Å². The van der Waals surface area contributed by atoms with Gasteiger partial charge in [-0.25, -0.2) is 8.78 Å². The van der Waals surface area contributed by atoms with E-state index in [1.165, 1.54) is 10.6 Å². The fraction of sp³-hybridized carbons (Fsp3) is 0.158. The second-order valence-electron chi connectivity index (χ2n) is 5.40. The van der Waals surface area contributed by atoms with Crippen LogP contribution >= 0.6 is 11.3 Å². The monoisotopic (exact) mass is 356 g/mol. The quantitative estimate of drug-likeness (QED) is 0.657. The van der Waals surface area contributed by atoms with Crippen molar-refractivity contribution in [3.05, 3.63) is 64.5 Å². The average Bonchev–Trinajstić information content (AvgIpc) is 2.91. The minimum atomic E-state index is -0.723. The van der Waals surface area contributed by atoms with Crippen molar-refractivity contribution in [3.63, 3.8) is 0 Å². The van der Waals surface area contributed by atoms with E-state index in [9.17, 15) is 13.6 Å². The maximum absolute atomic E-state index is 14.1. The van der Waals surface area contributed by atoms with Crippen molar-refractivity contribution in [2.24, 2.45) is 4.99 Å². The Morgan fingerprint density at radius 3 is 2.72 bits per heavy atom. The molecule has 0 saturated carbocycles. The van der Waals surface area contributed by atoms with Gasteiger partial charge < -0.3 is 4.57 Å². The van der Waals surface area contributed by atoms with Crippen molar-refractivity contribution in [2.75, 3.05) is 0 Å². The molecule has 0 fully saturated rings. The molecule has 0 N–H and O–H groups in total. The minimum absolute atomic E-state index is 0.0490. The van der Waals surface area contributed by atoms with Crippen LogP contribution < -0.4 is 4.80 Å². The molecule has 3 aromatic rings. The largest absolute Gasteiger partial charge is 0.302 e. The molecule has 1 aromatic heterocycles. The fourth-order valence-corrected chi connectivity index (χ4v) is 3.60. The Hall–Kier alpha value is -2.78.